The van der Waals surface area contributed by atoms with Gasteiger partial charge < -0.3 is 24.9 Å². The van der Waals surface area contributed by atoms with Crippen molar-refractivity contribution < 1.29 is 24.2 Å². The molecule has 1 atom stereocenters. The molecule has 2 rings (SSSR count). The minimum atomic E-state index is -4.52. The quantitative estimate of drug-likeness (QED) is 0.377. The molecule has 0 saturated carbocycles. The highest BCUT2D eigenvalue weighted by Gasteiger charge is 2.18. The van der Waals surface area contributed by atoms with Crippen molar-refractivity contribution >= 4 is 42.3 Å². The van der Waals surface area contributed by atoms with Crippen LogP contribution in [0, 0.1) is 0 Å². The highest BCUT2D eigenvalue weighted by Crippen LogP contribution is 2.40. The number of nitrogens with one attached hydrogen (secondary N) is 2. The fourth-order valence-corrected chi connectivity index (χ4v) is 2.75. The van der Waals surface area contributed by atoms with Gasteiger partial charge in [0.15, 0.2) is 6.23 Å². The molecule has 5 N–H and O–H groups in total. The van der Waals surface area contributed by atoms with Crippen molar-refractivity contribution in [1.82, 2.24) is 0 Å². The molecule has 0 fully saturated rings. The van der Waals surface area contributed by atoms with Crippen molar-refractivity contribution in [2.45, 2.75) is 6.23 Å². The second kappa shape index (κ2) is 7.61. The van der Waals surface area contributed by atoms with Crippen molar-refractivity contribution in [2.75, 3.05) is 17.5 Å². The number of aliphatic hydroxyl groups is 1. The number of rotatable bonds is 6. The van der Waals surface area contributed by atoms with E-state index in [0.717, 1.165) is 0 Å². The second-order valence-electron chi connectivity index (χ2n) is 4.79. The maximum absolute atomic E-state index is 11.1. The number of aliphatic hydroxyl groups excluding tert-OH is 1. The Morgan fingerprint density at radius 2 is 1.83 bits per heavy atom. The number of hydrogen-bond donors (Lipinski definition) is 5. The van der Waals surface area contributed by atoms with E-state index in [9.17, 15) is 9.67 Å². The van der Waals surface area contributed by atoms with E-state index in [1.165, 1.54) is 19.2 Å². The molecule has 0 aliphatic carbocycles. The maximum atomic E-state index is 11.1. The average molecular weight is 393 g/mol. The number of hydrogen-bond acceptors (Lipinski definition) is 4. The van der Waals surface area contributed by atoms with Gasteiger partial charge in [0.2, 0.25) is 0 Å². The molecule has 0 heterocycles. The normalized spacial score (nSPS) is 12.6. The summed E-state index contributed by atoms with van der Waals surface area (Å²) in [4.78, 5) is 18.1. The predicted molar refractivity (Wildman–Crippen MR) is 93.7 cm³/mol. The highest BCUT2D eigenvalue weighted by atomic mass is 35.5. The van der Waals surface area contributed by atoms with Crippen LogP contribution >= 0.6 is 30.9 Å². The lowest BCUT2D eigenvalue weighted by Crippen LogP contribution is -2.10. The summed E-state index contributed by atoms with van der Waals surface area (Å²) in [5.41, 5.74) is 0.938. The molecule has 10 heteroatoms. The highest BCUT2D eigenvalue weighted by molar-refractivity contribution is 7.53. The summed E-state index contributed by atoms with van der Waals surface area (Å²) in [6.07, 6.45) is -1.15. The molecule has 0 saturated heterocycles. The Labute approximate surface area is 148 Å². The van der Waals surface area contributed by atoms with Crippen molar-refractivity contribution in [3.8, 4) is 5.75 Å². The first-order valence-corrected chi connectivity index (χ1v) is 8.98. The molecule has 0 aliphatic rings. The SMILES string of the molecule is COc1ccc(C(O)Nc2ccc(Cl)c(Cl)c2)cc1NP(=O)(O)O. The summed E-state index contributed by atoms with van der Waals surface area (Å²) in [6.45, 7) is 0. The lowest BCUT2D eigenvalue weighted by atomic mass is 10.1. The van der Waals surface area contributed by atoms with Gasteiger partial charge >= 0.3 is 7.75 Å². The van der Waals surface area contributed by atoms with Gasteiger partial charge in [-0.05, 0) is 30.3 Å². The monoisotopic (exact) mass is 392 g/mol. The first-order chi connectivity index (χ1) is 11.2. The zero-order chi connectivity index (χ0) is 17.9. The summed E-state index contributed by atoms with van der Waals surface area (Å²) < 4.78 is 16.2. The van der Waals surface area contributed by atoms with E-state index in [1.807, 2.05) is 5.09 Å². The second-order valence-corrected chi connectivity index (χ2v) is 6.92. The van der Waals surface area contributed by atoms with E-state index in [1.54, 1.807) is 24.3 Å². The van der Waals surface area contributed by atoms with Gasteiger partial charge in [0, 0.05) is 11.3 Å². The smallest absolute Gasteiger partial charge is 0.427 e. The summed E-state index contributed by atoms with van der Waals surface area (Å²) in [5.74, 6) is 0.226. The van der Waals surface area contributed by atoms with Crippen LogP contribution in [0.3, 0.4) is 0 Å². The van der Waals surface area contributed by atoms with E-state index >= 15 is 0 Å². The van der Waals surface area contributed by atoms with Crippen LogP contribution in [0.25, 0.3) is 0 Å². The van der Waals surface area contributed by atoms with Crippen LogP contribution < -0.4 is 15.1 Å². The summed E-state index contributed by atoms with van der Waals surface area (Å²) >= 11 is 11.7. The molecule has 0 spiro atoms. The molecule has 2 aromatic carbocycles. The number of benzene rings is 2. The van der Waals surface area contributed by atoms with Gasteiger partial charge in [0.05, 0.1) is 22.8 Å². The lowest BCUT2D eigenvalue weighted by molar-refractivity contribution is 0.208. The molecule has 0 amide bonds. The molecule has 0 radical (unpaired) electrons. The minimum absolute atomic E-state index is 0.0540. The average Bonchev–Trinajstić information content (AvgIpc) is 2.49. The Balaban J connectivity index is 2.25. The minimum Gasteiger partial charge on any atom is -0.495 e. The molecule has 0 bridgehead atoms. The summed E-state index contributed by atoms with van der Waals surface area (Å²) in [7, 11) is -3.16. The van der Waals surface area contributed by atoms with Crippen LogP contribution in [0.15, 0.2) is 36.4 Å². The zero-order valence-electron chi connectivity index (χ0n) is 12.4. The Hall–Kier alpha value is -1.47. The summed E-state index contributed by atoms with van der Waals surface area (Å²) in [5, 5.41) is 15.8. The summed E-state index contributed by atoms with van der Waals surface area (Å²) in [6, 6.07) is 9.16. The third-order valence-corrected chi connectivity index (χ3v) is 4.30. The van der Waals surface area contributed by atoms with Crippen molar-refractivity contribution in [1.29, 1.82) is 0 Å². The van der Waals surface area contributed by atoms with Crippen LogP contribution in [0.4, 0.5) is 11.4 Å². The Morgan fingerprint density at radius 1 is 1.12 bits per heavy atom. The lowest BCUT2D eigenvalue weighted by Gasteiger charge is -2.18. The predicted octanol–water partition coefficient (Wildman–Crippen LogP) is 3.61. The maximum Gasteiger partial charge on any atom is 0.427 e. The molecule has 0 aliphatic heterocycles. The van der Waals surface area contributed by atoms with Crippen molar-refractivity contribution in [3.05, 3.63) is 52.0 Å². The van der Waals surface area contributed by atoms with E-state index in [2.05, 4.69) is 5.32 Å². The molecular formula is C14H15Cl2N2O5P. The van der Waals surface area contributed by atoms with Gasteiger partial charge in [0.25, 0.3) is 0 Å². The Morgan fingerprint density at radius 3 is 2.42 bits per heavy atom. The van der Waals surface area contributed by atoms with Crippen molar-refractivity contribution in [2.24, 2.45) is 0 Å². The molecule has 0 aromatic heterocycles. The fourth-order valence-electron chi connectivity index (χ4n) is 1.97. The van der Waals surface area contributed by atoms with Gasteiger partial charge in [-0.2, -0.15) is 0 Å². The van der Waals surface area contributed by atoms with Crippen LogP contribution in [-0.2, 0) is 4.57 Å². The van der Waals surface area contributed by atoms with E-state index < -0.39 is 14.0 Å². The molecule has 1 unspecified atom stereocenters. The van der Waals surface area contributed by atoms with E-state index in [0.29, 0.717) is 21.3 Å². The molecule has 130 valence electrons. The number of anilines is 2. The van der Waals surface area contributed by atoms with Crippen LogP contribution in [0.5, 0.6) is 5.75 Å². The van der Waals surface area contributed by atoms with Gasteiger partial charge in [-0.15, -0.1) is 0 Å². The molecule has 24 heavy (non-hydrogen) atoms. The first-order valence-electron chi connectivity index (χ1n) is 6.61. The number of halogens is 2. The fraction of sp³-hybridized carbons (Fsp3) is 0.143. The Kier molecular flexibility index (Phi) is 5.98. The first kappa shape index (κ1) is 18.9. The Bertz CT molecular complexity index is 784. The number of ether oxygens (including phenoxy) is 1. The third kappa shape index (κ3) is 5.01. The van der Waals surface area contributed by atoms with Gasteiger partial charge in [-0.3, -0.25) is 5.09 Å². The zero-order valence-corrected chi connectivity index (χ0v) is 14.8. The largest absolute Gasteiger partial charge is 0.495 e. The van der Waals surface area contributed by atoms with E-state index in [-0.39, 0.29) is 11.4 Å². The van der Waals surface area contributed by atoms with Crippen LogP contribution in [0.1, 0.15) is 11.8 Å². The molecule has 2 aromatic rings. The van der Waals surface area contributed by atoms with Crippen LogP contribution in [-0.4, -0.2) is 22.0 Å². The molecular weight excluding hydrogens is 378 g/mol. The molecule has 7 nitrogen and oxygen atoms in total. The topological polar surface area (TPSA) is 111 Å². The number of methoxy groups -OCH3 is 1. The standard InChI is InChI=1S/C14H15Cl2N2O5P/c1-23-13-5-2-8(6-12(13)18-24(20,21)22)14(19)17-9-3-4-10(15)11(16)7-9/h2-7,14,17,19H,1H3,(H3,18,20,21,22). The van der Waals surface area contributed by atoms with Gasteiger partial charge in [0.1, 0.15) is 5.75 Å². The van der Waals surface area contributed by atoms with Crippen LogP contribution in [0.2, 0.25) is 10.0 Å². The van der Waals surface area contributed by atoms with E-state index in [4.69, 9.17) is 37.7 Å². The van der Waals surface area contributed by atoms with Crippen molar-refractivity contribution in [3.63, 3.8) is 0 Å². The van der Waals surface area contributed by atoms with Gasteiger partial charge in [-0.1, -0.05) is 29.3 Å². The third-order valence-electron chi connectivity index (χ3n) is 3.03. The van der Waals surface area contributed by atoms with Gasteiger partial charge in [-0.25, -0.2) is 4.57 Å².